The molecule has 1 heterocycles. The predicted molar refractivity (Wildman–Crippen MR) is 125 cm³/mol. The molecule has 1 aromatic rings. The zero-order chi connectivity index (χ0) is 23.1. The first-order chi connectivity index (χ1) is 15.3. The molecule has 1 amide bonds. The van der Waals surface area contributed by atoms with Gasteiger partial charge in [-0.1, -0.05) is 36.2 Å². The molecule has 174 valence electrons. The van der Waals surface area contributed by atoms with Gasteiger partial charge in [0.05, 0.1) is 11.9 Å². The summed E-state index contributed by atoms with van der Waals surface area (Å²) in [6.45, 7) is 2.62. The highest BCUT2D eigenvalue weighted by Gasteiger charge is 2.23. The number of nitrogens with one attached hydrogen (secondary N) is 2. The second-order valence-electron chi connectivity index (χ2n) is 7.96. The van der Waals surface area contributed by atoms with Crippen LogP contribution in [0.5, 0.6) is 5.75 Å². The number of nitrogens with zero attached hydrogens (tertiary/aromatic N) is 1. The fraction of sp³-hybridized carbons (Fsp3) is 0.435. The van der Waals surface area contributed by atoms with Gasteiger partial charge in [-0.05, 0) is 49.9 Å². The van der Waals surface area contributed by atoms with Crippen LogP contribution in [0, 0.1) is 5.92 Å². The summed E-state index contributed by atoms with van der Waals surface area (Å²) in [5, 5.41) is 17.7. The first-order valence-corrected chi connectivity index (χ1v) is 11.3. The summed E-state index contributed by atoms with van der Waals surface area (Å²) in [7, 11) is 1.91. The fourth-order valence-corrected chi connectivity index (χ4v) is 3.90. The SMILES string of the molecule is C[C@@H]1CC(Cl)=CC=C1OCC(=O)NC1CC=C(NC(O)COc2ccc(Cl)cc2)CN1C. The summed E-state index contributed by atoms with van der Waals surface area (Å²) in [6.07, 6.45) is 5.90. The third kappa shape index (κ3) is 7.45. The van der Waals surface area contributed by atoms with E-state index in [1.54, 1.807) is 30.3 Å². The highest BCUT2D eigenvalue weighted by Crippen LogP contribution is 2.27. The highest BCUT2D eigenvalue weighted by molar-refractivity contribution is 6.30. The Morgan fingerprint density at radius 2 is 2.00 bits per heavy atom. The first-order valence-electron chi connectivity index (χ1n) is 10.5. The average molecular weight is 482 g/mol. The lowest BCUT2D eigenvalue weighted by molar-refractivity contribution is -0.126. The van der Waals surface area contributed by atoms with Crippen LogP contribution in [0.1, 0.15) is 19.8 Å². The number of hydrogen-bond acceptors (Lipinski definition) is 6. The lowest BCUT2D eigenvalue weighted by Crippen LogP contribution is -2.51. The Morgan fingerprint density at radius 3 is 2.69 bits per heavy atom. The normalized spacial score (nSPS) is 22.2. The zero-order valence-electron chi connectivity index (χ0n) is 18.2. The minimum Gasteiger partial charge on any atom is -0.489 e. The quantitative estimate of drug-likeness (QED) is 0.469. The molecule has 1 aliphatic heterocycles. The van der Waals surface area contributed by atoms with E-state index in [9.17, 15) is 9.90 Å². The van der Waals surface area contributed by atoms with Gasteiger partial charge >= 0.3 is 0 Å². The van der Waals surface area contributed by atoms with Gasteiger partial charge in [-0.25, -0.2) is 0 Å². The molecular formula is C23H29Cl2N3O4. The van der Waals surface area contributed by atoms with Crippen LogP contribution in [0.15, 0.2) is 59.0 Å². The van der Waals surface area contributed by atoms with Crippen molar-refractivity contribution in [2.75, 3.05) is 26.8 Å². The summed E-state index contributed by atoms with van der Waals surface area (Å²) in [4.78, 5) is 14.3. The first kappa shape index (κ1) is 24.5. The van der Waals surface area contributed by atoms with E-state index in [2.05, 4.69) is 10.6 Å². The Labute approximate surface area is 198 Å². The predicted octanol–water partition coefficient (Wildman–Crippen LogP) is 3.35. The molecule has 0 saturated carbocycles. The number of hydrogen-bond donors (Lipinski definition) is 3. The summed E-state index contributed by atoms with van der Waals surface area (Å²) in [5.74, 6) is 1.37. The highest BCUT2D eigenvalue weighted by atomic mass is 35.5. The van der Waals surface area contributed by atoms with Crippen molar-refractivity contribution in [3.05, 3.63) is 64.0 Å². The molecule has 1 aromatic carbocycles. The maximum Gasteiger partial charge on any atom is 0.259 e. The van der Waals surface area contributed by atoms with Gasteiger partial charge in [0.2, 0.25) is 0 Å². The van der Waals surface area contributed by atoms with Crippen LogP contribution in [0.25, 0.3) is 0 Å². The van der Waals surface area contributed by atoms with Crippen molar-refractivity contribution >= 4 is 29.1 Å². The molecule has 9 heteroatoms. The van der Waals surface area contributed by atoms with E-state index < -0.39 is 6.23 Å². The molecule has 0 bridgehead atoms. The van der Waals surface area contributed by atoms with E-state index in [1.165, 1.54) is 0 Å². The van der Waals surface area contributed by atoms with Gasteiger partial charge in [0.15, 0.2) is 12.8 Å². The van der Waals surface area contributed by atoms with Crippen molar-refractivity contribution in [1.82, 2.24) is 15.5 Å². The Morgan fingerprint density at radius 1 is 1.25 bits per heavy atom. The smallest absolute Gasteiger partial charge is 0.259 e. The minimum atomic E-state index is -0.863. The van der Waals surface area contributed by atoms with Gasteiger partial charge < -0.3 is 25.2 Å². The van der Waals surface area contributed by atoms with Gasteiger partial charge in [0.25, 0.3) is 5.91 Å². The lowest BCUT2D eigenvalue weighted by atomic mass is 10.0. The molecule has 32 heavy (non-hydrogen) atoms. The molecule has 3 rings (SSSR count). The molecule has 0 saturated heterocycles. The van der Waals surface area contributed by atoms with Crippen molar-refractivity contribution < 1.29 is 19.4 Å². The molecule has 0 spiro atoms. The Kier molecular flexibility index (Phi) is 8.87. The van der Waals surface area contributed by atoms with Crippen molar-refractivity contribution in [2.24, 2.45) is 5.92 Å². The van der Waals surface area contributed by atoms with E-state index in [0.717, 1.165) is 22.9 Å². The summed E-state index contributed by atoms with van der Waals surface area (Å²) in [5.41, 5.74) is 0.867. The van der Waals surface area contributed by atoms with Crippen molar-refractivity contribution in [2.45, 2.75) is 32.2 Å². The monoisotopic (exact) mass is 481 g/mol. The molecule has 3 atom stereocenters. The number of aliphatic hydroxyl groups is 1. The number of ether oxygens (including phenoxy) is 2. The zero-order valence-corrected chi connectivity index (χ0v) is 19.7. The number of aliphatic hydroxyl groups excluding tert-OH is 1. The number of benzene rings is 1. The van der Waals surface area contributed by atoms with E-state index >= 15 is 0 Å². The summed E-state index contributed by atoms with van der Waals surface area (Å²) >= 11 is 11.9. The van der Waals surface area contributed by atoms with Crippen LogP contribution in [0.3, 0.4) is 0 Å². The van der Waals surface area contributed by atoms with Gasteiger partial charge in [0, 0.05) is 34.6 Å². The minimum absolute atomic E-state index is 0.0401. The molecule has 1 aliphatic carbocycles. The van der Waals surface area contributed by atoms with Crippen molar-refractivity contribution in [3.63, 3.8) is 0 Å². The van der Waals surface area contributed by atoms with Gasteiger partial charge in [-0.3, -0.25) is 9.69 Å². The van der Waals surface area contributed by atoms with Crippen LogP contribution in [-0.2, 0) is 9.53 Å². The second-order valence-corrected chi connectivity index (χ2v) is 8.89. The number of carbonyl (C=O) groups excluding carboxylic acids is 1. The van der Waals surface area contributed by atoms with Gasteiger partial charge in [-0.2, -0.15) is 0 Å². The van der Waals surface area contributed by atoms with Crippen molar-refractivity contribution in [3.8, 4) is 5.75 Å². The molecule has 0 aromatic heterocycles. The Hall–Kier alpha value is -2.19. The molecule has 0 fully saturated rings. The molecule has 2 aliphatic rings. The van der Waals surface area contributed by atoms with Crippen LogP contribution in [0.4, 0.5) is 0 Å². The standard InChI is InChI=1S/C23H29Cl2N3O4/c1-15-11-17(25)5-9-20(15)32-14-23(30)27-21-10-6-18(12-28(21)2)26-22(29)13-31-19-7-3-16(24)4-8-19/h3-9,15,21-22,26,29H,10-14H2,1-2H3,(H,27,30)/t15-,21?,22?/m1/s1. The molecule has 7 nitrogen and oxygen atoms in total. The van der Waals surface area contributed by atoms with Crippen LogP contribution >= 0.6 is 23.2 Å². The lowest BCUT2D eigenvalue weighted by Gasteiger charge is -2.34. The fourth-order valence-electron chi connectivity index (χ4n) is 3.48. The molecule has 2 unspecified atom stereocenters. The molecular weight excluding hydrogens is 453 g/mol. The Bertz CT molecular complexity index is 886. The van der Waals surface area contributed by atoms with Crippen LogP contribution in [0.2, 0.25) is 5.02 Å². The third-order valence-corrected chi connectivity index (χ3v) is 5.76. The molecule has 3 N–H and O–H groups in total. The largest absolute Gasteiger partial charge is 0.489 e. The summed E-state index contributed by atoms with van der Waals surface area (Å²) < 4.78 is 11.2. The van der Waals surface area contributed by atoms with E-state index in [1.807, 2.05) is 31.0 Å². The van der Waals surface area contributed by atoms with Crippen LogP contribution in [-0.4, -0.2) is 55.1 Å². The number of rotatable bonds is 9. The van der Waals surface area contributed by atoms with Gasteiger partial charge in [0.1, 0.15) is 12.4 Å². The van der Waals surface area contributed by atoms with E-state index in [4.69, 9.17) is 32.7 Å². The number of likely N-dealkylation sites (N-methyl/N-ethyl adjacent to an activating group) is 1. The number of amides is 1. The second kappa shape index (κ2) is 11.6. The van der Waals surface area contributed by atoms with E-state index in [-0.39, 0.29) is 31.2 Å². The summed E-state index contributed by atoms with van der Waals surface area (Å²) in [6, 6.07) is 6.95. The number of carbonyl (C=O) groups is 1. The topological polar surface area (TPSA) is 83.1 Å². The van der Waals surface area contributed by atoms with Gasteiger partial charge in [-0.15, -0.1) is 0 Å². The number of allylic oxidation sites excluding steroid dienone is 4. The maximum absolute atomic E-state index is 12.3. The average Bonchev–Trinajstić information content (AvgIpc) is 2.75. The number of halogens is 2. The maximum atomic E-state index is 12.3. The third-order valence-electron chi connectivity index (χ3n) is 5.23. The Balaban J connectivity index is 1.40. The van der Waals surface area contributed by atoms with E-state index in [0.29, 0.717) is 23.7 Å². The van der Waals surface area contributed by atoms with Crippen molar-refractivity contribution in [1.29, 1.82) is 0 Å². The van der Waals surface area contributed by atoms with Crippen LogP contribution < -0.4 is 15.4 Å². The molecule has 0 radical (unpaired) electrons.